The number of hydrogen-bond acceptors (Lipinski definition) is 15. The summed E-state index contributed by atoms with van der Waals surface area (Å²) in [6.07, 6.45) is 22.5. The predicted molar refractivity (Wildman–Crippen MR) is 262 cm³/mol. The Kier molecular flexibility index (Phi) is 16.6. The van der Waals surface area contributed by atoms with Crippen molar-refractivity contribution in [1.82, 2.24) is 0 Å². The van der Waals surface area contributed by atoms with E-state index in [-0.39, 0.29) is 36.3 Å². The summed E-state index contributed by atoms with van der Waals surface area (Å²) in [7, 11) is 14.7. The molecule has 3 saturated carbocycles. The van der Waals surface area contributed by atoms with E-state index in [0.29, 0.717) is 85.1 Å². The number of methoxy groups -OCH3 is 9. The lowest BCUT2D eigenvalue weighted by atomic mass is 9.91. The van der Waals surface area contributed by atoms with Crippen molar-refractivity contribution < 1.29 is 42.6 Å². The Bertz CT molecular complexity index is 1940. The molecule has 0 N–H and O–H groups in total. The number of rotatable bonds is 9. The second-order valence-corrected chi connectivity index (χ2v) is 16.9. The Hall–Kier alpha value is -6.12. The summed E-state index contributed by atoms with van der Waals surface area (Å²) in [5.41, 5.74) is 4.12. The summed E-state index contributed by atoms with van der Waals surface area (Å²) in [4.78, 5) is 31.2. The Morgan fingerprint density at radius 2 is 0.439 bits per heavy atom. The van der Waals surface area contributed by atoms with E-state index in [4.69, 9.17) is 72.6 Å². The molecule has 0 aromatic heterocycles. The van der Waals surface area contributed by atoms with E-state index in [2.05, 4.69) is 0 Å². The zero-order valence-corrected chi connectivity index (χ0v) is 40.0. The molecule has 3 aliphatic carbocycles. The normalized spacial score (nSPS) is 23.0. The first-order valence-electron chi connectivity index (χ1n) is 23.0. The minimum atomic E-state index is -0.107. The number of benzene rings is 3. The van der Waals surface area contributed by atoms with E-state index in [0.717, 1.165) is 77.0 Å². The number of ether oxygens (including phenoxy) is 9. The molecule has 15 nitrogen and oxygen atoms in total. The van der Waals surface area contributed by atoms with Crippen molar-refractivity contribution in [3.05, 3.63) is 51.6 Å². The van der Waals surface area contributed by atoms with Gasteiger partial charge in [0.25, 0.3) is 0 Å². The number of nitrogens with zero attached hydrogens (tertiary/aromatic N) is 6. The Labute approximate surface area is 389 Å². The van der Waals surface area contributed by atoms with Gasteiger partial charge in [0.05, 0.1) is 134 Å². The molecule has 0 amide bonds. The van der Waals surface area contributed by atoms with E-state index >= 15 is 0 Å². The molecule has 1 heterocycles. The quantitative estimate of drug-likeness (QED) is 0.205. The maximum atomic E-state index is 6.14. The van der Waals surface area contributed by atoms with Crippen LogP contribution in [0.5, 0.6) is 51.7 Å². The maximum absolute atomic E-state index is 6.14. The molecule has 3 fully saturated rings. The lowest BCUT2D eigenvalue weighted by Gasteiger charge is -2.26. The molecule has 7 rings (SSSR count). The van der Waals surface area contributed by atoms with Crippen LogP contribution in [0.2, 0.25) is 0 Å². The highest BCUT2D eigenvalue weighted by Crippen LogP contribution is 2.42. The Morgan fingerprint density at radius 3 is 0.576 bits per heavy atom. The summed E-state index contributed by atoms with van der Waals surface area (Å²) < 4.78 is 54.0. The van der Waals surface area contributed by atoms with Crippen LogP contribution in [0.15, 0.2) is 48.2 Å². The summed E-state index contributed by atoms with van der Waals surface area (Å²) in [6.45, 7) is 0. The van der Waals surface area contributed by atoms with Gasteiger partial charge in [-0.1, -0.05) is 38.5 Å². The number of hydrogen-bond donors (Lipinski definition) is 0. The third-order valence-electron chi connectivity index (χ3n) is 13.2. The first-order valence-corrected chi connectivity index (χ1v) is 23.0. The number of fused-ring (bicyclic) bond motifs is 9. The van der Waals surface area contributed by atoms with Gasteiger partial charge in [0.2, 0.25) is 0 Å². The van der Waals surface area contributed by atoms with Gasteiger partial charge in [0.15, 0.2) is 0 Å². The van der Waals surface area contributed by atoms with Crippen molar-refractivity contribution in [2.24, 2.45) is 30.0 Å². The van der Waals surface area contributed by atoms with Crippen molar-refractivity contribution >= 4 is 37.3 Å². The van der Waals surface area contributed by atoms with Crippen LogP contribution in [0.1, 0.15) is 110 Å². The molecule has 0 unspecified atom stereocenters. The highest BCUT2D eigenvalue weighted by atomic mass is 16.5. The summed E-state index contributed by atoms with van der Waals surface area (Å²) in [6, 6.07) is 4.93. The van der Waals surface area contributed by atoms with E-state index in [1.807, 2.05) is 55.5 Å². The fourth-order valence-electron chi connectivity index (χ4n) is 9.68. The molecule has 354 valence electrons. The summed E-state index contributed by atoms with van der Waals surface area (Å²) in [5.74, 6) is 5.05. The molecule has 0 saturated heterocycles. The molecular weight excluding hydrogens is 841 g/mol. The van der Waals surface area contributed by atoms with Gasteiger partial charge < -0.3 is 42.6 Å². The fraction of sp³-hybridized carbons (Fsp3) is 0.529. The lowest BCUT2D eigenvalue weighted by molar-refractivity contribution is 0.371. The SMILES string of the molecule is COc1cc(OC)c2c(OC)c1C=N[C@@H]1CCCC[C@H]1N=Cc1c(OC)cc(OC)c(c1OC)C=N[C@@H]1CCCC[C@H]1N=Cc1c(OC)cc(OC)c(c1OC)C=N[C@@H]1CCCC[C@H]1N=C2. The standard InChI is InChI=1S/C51H66N6O9/c1-58-43-22-44(59-2)32-26-53-39-18-12-13-19-40(39)55-28-34-47(62-5)24-48(63-6)36(51(34)66-9)30-57-42-21-15-14-20-41(42)56-29-35-46(61-4)23-45(60-3)33(50(35)65-8)27-54-38-17-11-10-16-37(38)52-25-31(43)49(32)64-7/h22-30,37-42H,10-21H2,1-9H3/t37-,38-,39-,40-,41-,42-/m1/s1. The second-order valence-electron chi connectivity index (χ2n) is 16.9. The molecule has 0 radical (unpaired) electrons. The van der Waals surface area contributed by atoms with E-state index in [1.165, 1.54) is 0 Å². The van der Waals surface area contributed by atoms with Crippen LogP contribution in [-0.4, -0.2) is 138 Å². The molecule has 1 aliphatic heterocycles. The lowest BCUT2D eigenvalue weighted by Crippen LogP contribution is -2.27. The molecule has 66 heavy (non-hydrogen) atoms. The van der Waals surface area contributed by atoms with Crippen molar-refractivity contribution in [2.75, 3.05) is 64.0 Å². The van der Waals surface area contributed by atoms with Crippen molar-refractivity contribution in [2.45, 2.75) is 113 Å². The third-order valence-corrected chi connectivity index (χ3v) is 13.2. The summed E-state index contributed by atoms with van der Waals surface area (Å²) in [5, 5.41) is 0. The molecule has 6 bridgehead atoms. The maximum Gasteiger partial charge on any atom is 0.143 e. The third kappa shape index (κ3) is 10.3. The van der Waals surface area contributed by atoms with Gasteiger partial charge in [-0.3, -0.25) is 30.0 Å². The zero-order valence-electron chi connectivity index (χ0n) is 40.0. The molecule has 0 spiro atoms. The van der Waals surface area contributed by atoms with Crippen LogP contribution in [0.3, 0.4) is 0 Å². The molecule has 3 aromatic rings. The van der Waals surface area contributed by atoms with Crippen LogP contribution < -0.4 is 42.6 Å². The monoisotopic (exact) mass is 906 g/mol. The minimum Gasteiger partial charge on any atom is -0.496 e. The van der Waals surface area contributed by atoms with E-state index in [1.54, 1.807) is 64.0 Å². The van der Waals surface area contributed by atoms with Gasteiger partial charge in [-0.25, -0.2) is 0 Å². The fourth-order valence-corrected chi connectivity index (χ4v) is 9.68. The molecule has 3 aromatic carbocycles. The topological polar surface area (TPSA) is 157 Å². The molecule has 4 aliphatic rings. The van der Waals surface area contributed by atoms with Crippen LogP contribution in [-0.2, 0) is 0 Å². The smallest absolute Gasteiger partial charge is 0.143 e. The van der Waals surface area contributed by atoms with Gasteiger partial charge in [-0.2, -0.15) is 0 Å². The Morgan fingerprint density at radius 1 is 0.273 bits per heavy atom. The van der Waals surface area contributed by atoms with Crippen molar-refractivity contribution in [3.63, 3.8) is 0 Å². The van der Waals surface area contributed by atoms with Crippen molar-refractivity contribution in [1.29, 1.82) is 0 Å². The van der Waals surface area contributed by atoms with Crippen LogP contribution >= 0.6 is 0 Å². The first kappa shape index (κ1) is 47.8. The predicted octanol–water partition coefficient (Wildman–Crippen LogP) is 8.63. The second kappa shape index (κ2) is 22.9. The molecule has 6 atom stereocenters. The van der Waals surface area contributed by atoms with Crippen LogP contribution in [0.4, 0.5) is 0 Å². The Balaban J connectivity index is 1.42. The van der Waals surface area contributed by atoms with Gasteiger partial charge in [0.1, 0.15) is 51.7 Å². The number of aliphatic imine (C=N–C) groups is 6. The van der Waals surface area contributed by atoms with Crippen molar-refractivity contribution in [3.8, 4) is 51.7 Å². The van der Waals surface area contributed by atoms with Gasteiger partial charge in [-0.05, 0) is 38.5 Å². The zero-order chi connectivity index (χ0) is 46.6. The highest BCUT2D eigenvalue weighted by molar-refractivity contribution is 5.99. The van der Waals surface area contributed by atoms with Gasteiger partial charge in [0, 0.05) is 55.5 Å². The van der Waals surface area contributed by atoms with Gasteiger partial charge >= 0.3 is 0 Å². The molecular formula is C51H66N6O9. The average molecular weight is 907 g/mol. The van der Waals surface area contributed by atoms with E-state index < -0.39 is 0 Å². The summed E-state index contributed by atoms with van der Waals surface area (Å²) >= 11 is 0. The molecule has 15 heteroatoms. The van der Waals surface area contributed by atoms with Crippen LogP contribution in [0.25, 0.3) is 0 Å². The van der Waals surface area contributed by atoms with E-state index in [9.17, 15) is 0 Å². The minimum absolute atomic E-state index is 0.107. The van der Waals surface area contributed by atoms with Crippen LogP contribution in [0, 0.1) is 0 Å². The first-order chi connectivity index (χ1) is 32.3. The largest absolute Gasteiger partial charge is 0.496 e. The average Bonchev–Trinajstić information content (AvgIpc) is 3.36. The van der Waals surface area contributed by atoms with Gasteiger partial charge in [-0.15, -0.1) is 0 Å². The highest BCUT2D eigenvalue weighted by Gasteiger charge is 2.30.